The molecule has 1 aromatic heterocycles. The summed E-state index contributed by atoms with van der Waals surface area (Å²) in [7, 11) is 0. The average Bonchev–Trinajstić information content (AvgIpc) is 2.83. The number of hydrogen-bond acceptors (Lipinski definition) is 7. The molecule has 116 valence electrons. The van der Waals surface area contributed by atoms with Gasteiger partial charge in [0.05, 0.1) is 17.0 Å². The van der Waals surface area contributed by atoms with E-state index in [1.54, 1.807) is 6.92 Å². The van der Waals surface area contributed by atoms with Gasteiger partial charge in [-0.05, 0) is 13.0 Å². The maximum atomic E-state index is 11.8. The number of nitro groups is 1. The van der Waals surface area contributed by atoms with E-state index in [-0.39, 0.29) is 29.2 Å². The van der Waals surface area contributed by atoms with E-state index in [0.717, 1.165) is 10.8 Å². The Balaban J connectivity index is 2.57. The van der Waals surface area contributed by atoms with Gasteiger partial charge < -0.3 is 14.7 Å². The SMILES string of the molecule is CCOC(=O)c1nc2ccc([N+](=O)[O-])cc2n1OCC(=O)O. The van der Waals surface area contributed by atoms with Crippen molar-refractivity contribution >= 4 is 28.7 Å². The molecule has 0 amide bonds. The summed E-state index contributed by atoms with van der Waals surface area (Å²) in [6.07, 6.45) is 0. The van der Waals surface area contributed by atoms with Gasteiger partial charge in [-0.15, -0.1) is 0 Å². The highest BCUT2D eigenvalue weighted by molar-refractivity contribution is 5.91. The Bertz CT molecular complexity index is 753. The molecular weight excluding hydrogens is 298 g/mol. The number of carbonyl (C=O) groups excluding carboxylic acids is 1. The number of aliphatic carboxylic acids is 1. The van der Waals surface area contributed by atoms with Gasteiger partial charge in [0.1, 0.15) is 5.52 Å². The lowest BCUT2D eigenvalue weighted by Gasteiger charge is -2.08. The standard InChI is InChI=1S/C12H11N3O7/c1-2-21-12(18)11-13-8-4-3-7(15(19)20)5-9(8)14(11)22-6-10(16)17/h3-5H,2,6H2,1H3,(H,16,17). The molecule has 0 aliphatic heterocycles. The topological polar surface area (TPSA) is 134 Å². The van der Waals surface area contributed by atoms with Crippen LogP contribution in [-0.2, 0) is 9.53 Å². The van der Waals surface area contributed by atoms with Crippen molar-refractivity contribution in [2.24, 2.45) is 0 Å². The first-order chi connectivity index (χ1) is 10.4. The van der Waals surface area contributed by atoms with Crippen LogP contribution in [-0.4, -0.2) is 44.9 Å². The van der Waals surface area contributed by atoms with Gasteiger partial charge in [-0.2, -0.15) is 4.73 Å². The monoisotopic (exact) mass is 309 g/mol. The third-order valence-corrected chi connectivity index (χ3v) is 2.58. The molecule has 2 rings (SSSR count). The van der Waals surface area contributed by atoms with Crippen molar-refractivity contribution in [1.82, 2.24) is 9.71 Å². The lowest BCUT2D eigenvalue weighted by atomic mass is 10.3. The van der Waals surface area contributed by atoms with Crippen LogP contribution >= 0.6 is 0 Å². The summed E-state index contributed by atoms with van der Waals surface area (Å²) in [4.78, 5) is 41.6. The number of imidazole rings is 1. The van der Waals surface area contributed by atoms with Crippen LogP contribution in [0.3, 0.4) is 0 Å². The molecule has 1 N–H and O–H groups in total. The third kappa shape index (κ3) is 2.95. The van der Waals surface area contributed by atoms with Gasteiger partial charge in [0.25, 0.3) is 11.5 Å². The van der Waals surface area contributed by atoms with Crippen LogP contribution in [0.15, 0.2) is 18.2 Å². The highest BCUT2D eigenvalue weighted by Gasteiger charge is 2.22. The molecular formula is C12H11N3O7. The van der Waals surface area contributed by atoms with Gasteiger partial charge in [0.2, 0.25) is 6.61 Å². The lowest BCUT2D eigenvalue weighted by molar-refractivity contribution is -0.384. The minimum absolute atomic E-state index is 0.0844. The van der Waals surface area contributed by atoms with Crippen molar-refractivity contribution in [2.75, 3.05) is 13.2 Å². The first-order valence-electron chi connectivity index (χ1n) is 6.13. The predicted molar refractivity (Wildman–Crippen MR) is 71.4 cm³/mol. The smallest absolute Gasteiger partial charge is 0.377 e. The van der Waals surface area contributed by atoms with Crippen molar-refractivity contribution < 1.29 is 29.2 Å². The molecule has 0 spiro atoms. The number of nitro benzene ring substituents is 1. The fraction of sp³-hybridized carbons (Fsp3) is 0.250. The Morgan fingerprint density at radius 1 is 1.45 bits per heavy atom. The van der Waals surface area contributed by atoms with E-state index in [1.807, 2.05) is 0 Å². The summed E-state index contributed by atoms with van der Waals surface area (Å²) in [5.74, 6) is -2.40. The number of carboxylic acids is 1. The van der Waals surface area contributed by atoms with Crippen LogP contribution in [0.2, 0.25) is 0 Å². The molecule has 1 heterocycles. The van der Waals surface area contributed by atoms with Gasteiger partial charge in [-0.25, -0.2) is 14.6 Å². The summed E-state index contributed by atoms with van der Waals surface area (Å²) in [6.45, 7) is 0.926. The number of carboxylic acid groups (broad SMARTS) is 1. The number of esters is 1. The van der Waals surface area contributed by atoms with Crippen LogP contribution in [0.1, 0.15) is 17.5 Å². The highest BCUT2D eigenvalue weighted by atomic mass is 16.7. The lowest BCUT2D eigenvalue weighted by Crippen LogP contribution is -2.24. The summed E-state index contributed by atoms with van der Waals surface area (Å²) in [5.41, 5.74) is 0.0838. The second-order valence-corrected chi connectivity index (χ2v) is 4.05. The summed E-state index contributed by atoms with van der Waals surface area (Å²) in [5, 5.41) is 19.5. The molecule has 1 aromatic carbocycles. The van der Waals surface area contributed by atoms with Crippen LogP contribution in [0.4, 0.5) is 5.69 Å². The van der Waals surface area contributed by atoms with Crippen molar-refractivity contribution in [3.63, 3.8) is 0 Å². The van der Waals surface area contributed by atoms with Gasteiger partial charge in [0, 0.05) is 12.1 Å². The number of aromatic nitrogens is 2. The first-order valence-corrected chi connectivity index (χ1v) is 6.13. The Kier molecular flexibility index (Phi) is 4.20. The van der Waals surface area contributed by atoms with Crippen molar-refractivity contribution in [1.29, 1.82) is 0 Å². The van der Waals surface area contributed by atoms with E-state index in [1.165, 1.54) is 12.1 Å². The Labute approximate surface area is 123 Å². The summed E-state index contributed by atoms with van der Waals surface area (Å²) >= 11 is 0. The van der Waals surface area contributed by atoms with Gasteiger partial charge in [0.15, 0.2) is 0 Å². The normalized spacial score (nSPS) is 10.4. The molecule has 2 aromatic rings. The van der Waals surface area contributed by atoms with E-state index in [2.05, 4.69) is 4.98 Å². The molecule has 0 saturated heterocycles. The number of non-ortho nitro benzene ring substituents is 1. The fourth-order valence-corrected chi connectivity index (χ4v) is 1.73. The zero-order valence-electron chi connectivity index (χ0n) is 11.4. The van der Waals surface area contributed by atoms with Gasteiger partial charge in [-0.3, -0.25) is 10.1 Å². The van der Waals surface area contributed by atoms with Crippen LogP contribution in [0.5, 0.6) is 0 Å². The third-order valence-electron chi connectivity index (χ3n) is 2.58. The van der Waals surface area contributed by atoms with E-state index in [9.17, 15) is 19.7 Å². The maximum absolute atomic E-state index is 11.8. The van der Waals surface area contributed by atoms with Crippen LogP contribution in [0, 0.1) is 10.1 Å². The predicted octanol–water partition coefficient (Wildman–Crippen LogP) is 0.634. The molecule has 0 radical (unpaired) electrons. The average molecular weight is 309 g/mol. The highest BCUT2D eigenvalue weighted by Crippen LogP contribution is 2.21. The quantitative estimate of drug-likeness (QED) is 0.466. The Morgan fingerprint density at radius 2 is 2.18 bits per heavy atom. The summed E-state index contributed by atoms with van der Waals surface area (Å²) in [6, 6.07) is 3.68. The maximum Gasteiger partial charge on any atom is 0.377 e. The molecule has 22 heavy (non-hydrogen) atoms. The Morgan fingerprint density at radius 3 is 2.77 bits per heavy atom. The number of ether oxygens (including phenoxy) is 1. The molecule has 10 nitrogen and oxygen atoms in total. The number of nitrogens with zero attached hydrogens (tertiary/aromatic N) is 3. The number of rotatable bonds is 6. The number of carbonyl (C=O) groups is 2. The number of benzene rings is 1. The van der Waals surface area contributed by atoms with Crippen molar-refractivity contribution in [3.8, 4) is 0 Å². The minimum atomic E-state index is -1.28. The largest absolute Gasteiger partial charge is 0.479 e. The zero-order valence-corrected chi connectivity index (χ0v) is 11.4. The Hall–Kier alpha value is -3.17. The van der Waals surface area contributed by atoms with Crippen LogP contribution < -0.4 is 4.84 Å². The molecule has 10 heteroatoms. The molecule has 0 unspecified atom stereocenters. The van der Waals surface area contributed by atoms with E-state index >= 15 is 0 Å². The van der Waals surface area contributed by atoms with Crippen molar-refractivity contribution in [3.05, 3.63) is 34.1 Å². The van der Waals surface area contributed by atoms with Gasteiger partial charge in [-0.1, -0.05) is 0 Å². The van der Waals surface area contributed by atoms with E-state index in [0.29, 0.717) is 0 Å². The zero-order chi connectivity index (χ0) is 16.3. The van der Waals surface area contributed by atoms with E-state index < -0.39 is 23.5 Å². The molecule has 0 aliphatic carbocycles. The molecule has 0 bridgehead atoms. The minimum Gasteiger partial charge on any atom is -0.479 e. The number of fused-ring (bicyclic) bond motifs is 1. The van der Waals surface area contributed by atoms with Crippen LogP contribution in [0.25, 0.3) is 11.0 Å². The number of hydrogen-bond donors (Lipinski definition) is 1. The summed E-state index contributed by atoms with van der Waals surface area (Å²) < 4.78 is 5.63. The molecule has 0 saturated carbocycles. The first kappa shape index (κ1) is 15.2. The fourth-order valence-electron chi connectivity index (χ4n) is 1.73. The molecule has 0 fully saturated rings. The second-order valence-electron chi connectivity index (χ2n) is 4.05. The molecule has 0 atom stereocenters. The molecule has 0 aliphatic rings. The second kappa shape index (κ2) is 6.08. The van der Waals surface area contributed by atoms with Crippen molar-refractivity contribution in [2.45, 2.75) is 6.92 Å². The van der Waals surface area contributed by atoms with E-state index in [4.69, 9.17) is 14.7 Å². The van der Waals surface area contributed by atoms with Gasteiger partial charge >= 0.3 is 11.9 Å².